The maximum Gasteiger partial charge on any atom is 0.291 e. The van der Waals surface area contributed by atoms with Gasteiger partial charge in [0.05, 0.1) is 0 Å². The molecule has 0 aromatic carbocycles. The van der Waals surface area contributed by atoms with Crippen molar-refractivity contribution in [2.45, 2.75) is 20.3 Å². The molecular formula is C12H18N6O. The van der Waals surface area contributed by atoms with Crippen LogP contribution in [0.3, 0.4) is 0 Å². The van der Waals surface area contributed by atoms with Gasteiger partial charge in [-0.25, -0.2) is 9.50 Å². The molecule has 0 saturated carbocycles. The van der Waals surface area contributed by atoms with Gasteiger partial charge in [-0.1, -0.05) is 0 Å². The molecule has 19 heavy (non-hydrogen) atoms. The lowest BCUT2D eigenvalue weighted by Crippen LogP contribution is -2.27. The van der Waals surface area contributed by atoms with Gasteiger partial charge in [0.25, 0.3) is 11.7 Å². The standard InChI is InChI=1S/C12H18N6O/c1-8-7-9(2)18-12(15-8)16-10(17-18)11(19)14-6-4-5-13-3/h7,13H,4-6H2,1-3H3,(H,14,19). The molecule has 0 atom stereocenters. The molecule has 2 heterocycles. The lowest BCUT2D eigenvalue weighted by Gasteiger charge is -2.01. The van der Waals surface area contributed by atoms with Gasteiger partial charge in [0.15, 0.2) is 0 Å². The second kappa shape index (κ2) is 5.75. The van der Waals surface area contributed by atoms with Crippen molar-refractivity contribution in [3.05, 3.63) is 23.3 Å². The van der Waals surface area contributed by atoms with Crippen LogP contribution in [0.25, 0.3) is 5.78 Å². The molecule has 0 radical (unpaired) electrons. The molecule has 7 heteroatoms. The number of aromatic nitrogens is 4. The highest BCUT2D eigenvalue weighted by atomic mass is 16.2. The molecule has 0 aliphatic heterocycles. The van der Waals surface area contributed by atoms with E-state index in [2.05, 4.69) is 25.7 Å². The minimum atomic E-state index is -0.265. The molecular weight excluding hydrogens is 244 g/mol. The van der Waals surface area contributed by atoms with Gasteiger partial charge in [0.2, 0.25) is 5.82 Å². The van der Waals surface area contributed by atoms with Crippen LogP contribution in [0.4, 0.5) is 0 Å². The Kier molecular flexibility index (Phi) is 4.06. The van der Waals surface area contributed by atoms with Crippen molar-refractivity contribution >= 4 is 11.7 Å². The van der Waals surface area contributed by atoms with E-state index in [1.807, 2.05) is 27.0 Å². The van der Waals surface area contributed by atoms with E-state index in [1.54, 1.807) is 4.52 Å². The van der Waals surface area contributed by atoms with Crippen molar-refractivity contribution in [2.75, 3.05) is 20.1 Å². The zero-order valence-corrected chi connectivity index (χ0v) is 11.4. The van der Waals surface area contributed by atoms with Crippen molar-refractivity contribution in [1.29, 1.82) is 0 Å². The molecule has 2 rings (SSSR count). The second-order valence-electron chi connectivity index (χ2n) is 4.40. The van der Waals surface area contributed by atoms with Gasteiger partial charge >= 0.3 is 0 Å². The first-order valence-electron chi connectivity index (χ1n) is 6.25. The summed E-state index contributed by atoms with van der Waals surface area (Å²) in [5.74, 6) is 0.349. The fraction of sp³-hybridized carbons (Fsp3) is 0.500. The van der Waals surface area contributed by atoms with Crippen LogP contribution in [0.15, 0.2) is 6.07 Å². The molecule has 2 N–H and O–H groups in total. The quantitative estimate of drug-likeness (QED) is 0.746. The highest BCUT2D eigenvalue weighted by Gasteiger charge is 2.14. The number of nitrogens with zero attached hydrogens (tertiary/aromatic N) is 4. The number of nitrogens with one attached hydrogen (secondary N) is 2. The lowest BCUT2D eigenvalue weighted by molar-refractivity contribution is 0.0943. The Morgan fingerprint density at radius 2 is 2.11 bits per heavy atom. The third-order valence-corrected chi connectivity index (χ3v) is 2.71. The normalized spacial score (nSPS) is 10.9. The Hall–Kier alpha value is -2.02. The summed E-state index contributed by atoms with van der Waals surface area (Å²) in [6.07, 6.45) is 0.867. The molecule has 0 bridgehead atoms. The molecule has 0 aliphatic carbocycles. The Labute approximate surface area is 111 Å². The first-order valence-corrected chi connectivity index (χ1v) is 6.25. The summed E-state index contributed by atoms with van der Waals surface area (Å²) < 4.78 is 1.58. The van der Waals surface area contributed by atoms with Crippen molar-refractivity contribution in [3.63, 3.8) is 0 Å². The van der Waals surface area contributed by atoms with E-state index >= 15 is 0 Å². The Morgan fingerprint density at radius 1 is 1.32 bits per heavy atom. The van der Waals surface area contributed by atoms with Crippen LogP contribution in [0, 0.1) is 13.8 Å². The number of rotatable bonds is 5. The number of amides is 1. The average molecular weight is 262 g/mol. The number of fused-ring (bicyclic) bond motifs is 1. The predicted molar refractivity (Wildman–Crippen MR) is 71.1 cm³/mol. The number of hydrogen-bond donors (Lipinski definition) is 2. The van der Waals surface area contributed by atoms with Gasteiger partial charge in [0, 0.05) is 17.9 Å². The van der Waals surface area contributed by atoms with Crippen LogP contribution in [0.2, 0.25) is 0 Å². The fourth-order valence-corrected chi connectivity index (χ4v) is 1.81. The molecule has 0 spiro atoms. The van der Waals surface area contributed by atoms with Crippen LogP contribution in [-0.2, 0) is 0 Å². The largest absolute Gasteiger partial charge is 0.349 e. The van der Waals surface area contributed by atoms with Gasteiger partial charge in [-0.15, -0.1) is 5.10 Å². The summed E-state index contributed by atoms with van der Waals surface area (Å²) in [4.78, 5) is 20.3. The molecule has 2 aromatic rings. The summed E-state index contributed by atoms with van der Waals surface area (Å²) in [7, 11) is 1.88. The smallest absolute Gasteiger partial charge is 0.291 e. The third-order valence-electron chi connectivity index (χ3n) is 2.71. The minimum Gasteiger partial charge on any atom is -0.349 e. The van der Waals surface area contributed by atoms with Crippen molar-refractivity contribution in [2.24, 2.45) is 0 Å². The fourth-order valence-electron chi connectivity index (χ4n) is 1.81. The predicted octanol–water partition coefficient (Wildman–Crippen LogP) is 0.0804. The number of hydrogen-bond acceptors (Lipinski definition) is 5. The Morgan fingerprint density at radius 3 is 2.84 bits per heavy atom. The lowest BCUT2D eigenvalue weighted by atomic mass is 10.4. The summed E-state index contributed by atoms with van der Waals surface area (Å²) in [5.41, 5.74) is 1.77. The van der Waals surface area contributed by atoms with E-state index in [4.69, 9.17) is 0 Å². The van der Waals surface area contributed by atoms with Gasteiger partial charge in [-0.2, -0.15) is 4.98 Å². The average Bonchev–Trinajstić information content (AvgIpc) is 2.78. The number of aryl methyl sites for hydroxylation is 2. The first kappa shape index (κ1) is 13.4. The van der Waals surface area contributed by atoms with Crippen LogP contribution >= 0.6 is 0 Å². The SMILES string of the molecule is CNCCCNC(=O)c1nc2nc(C)cc(C)n2n1. The van der Waals surface area contributed by atoms with Crippen LogP contribution in [0.5, 0.6) is 0 Å². The van der Waals surface area contributed by atoms with Crippen LogP contribution in [0.1, 0.15) is 28.4 Å². The van der Waals surface area contributed by atoms with Crippen molar-refractivity contribution < 1.29 is 4.79 Å². The summed E-state index contributed by atoms with van der Waals surface area (Å²) in [6.45, 7) is 5.25. The van der Waals surface area contributed by atoms with Gasteiger partial charge in [0.1, 0.15) is 0 Å². The maximum absolute atomic E-state index is 11.9. The monoisotopic (exact) mass is 262 g/mol. The second-order valence-corrected chi connectivity index (χ2v) is 4.40. The van der Waals surface area contributed by atoms with E-state index < -0.39 is 0 Å². The number of carbonyl (C=O) groups is 1. The maximum atomic E-state index is 11.9. The van der Waals surface area contributed by atoms with Gasteiger partial charge in [-0.3, -0.25) is 4.79 Å². The van der Waals surface area contributed by atoms with Gasteiger partial charge < -0.3 is 10.6 Å². The van der Waals surface area contributed by atoms with Gasteiger partial charge in [-0.05, 0) is 39.9 Å². The van der Waals surface area contributed by atoms with E-state index in [0.717, 1.165) is 24.4 Å². The molecule has 2 aromatic heterocycles. The molecule has 0 saturated heterocycles. The van der Waals surface area contributed by atoms with E-state index in [0.29, 0.717) is 12.3 Å². The third kappa shape index (κ3) is 3.05. The summed E-state index contributed by atoms with van der Waals surface area (Å²) in [5, 5.41) is 9.97. The first-order chi connectivity index (χ1) is 9.11. The van der Waals surface area contributed by atoms with Crippen molar-refractivity contribution in [3.8, 4) is 0 Å². The Balaban J connectivity index is 2.12. The molecule has 1 amide bonds. The van der Waals surface area contributed by atoms with E-state index in [-0.39, 0.29) is 11.7 Å². The summed E-state index contributed by atoms with van der Waals surface area (Å²) >= 11 is 0. The highest BCUT2D eigenvalue weighted by molar-refractivity contribution is 5.90. The Bertz CT molecular complexity index is 591. The highest BCUT2D eigenvalue weighted by Crippen LogP contribution is 2.05. The molecule has 0 aliphatic rings. The van der Waals surface area contributed by atoms with E-state index in [9.17, 15) is 4.79 Å². The zero-order chi connectivity index (χ0) is 13.8. The minimum absolute atomic E-state index is 0.158. The topological polar surface area (TPSA) is 84.2 Å². The molecule has 0 unspecified atom stereocenters. The van der Waals surface area contributed by atoms with Crippen LogP contribution < -0.4 is 10.6 Å². The van der Waals surface area contributed by atoms with Crippen LogP contribution in [-0.4, -0.2) is 45.6 Å². The molecule has 102 valence electrons. The number of carbonyl (C=O) groups excluding carboxylic acids is 1. The zero-order valence-electron chi connectivity index (χ0n) is 11.4. The molecule has 0 fully saturated rings. The molecule has 7 nitrogen and oxygen atoms in total. The summed E-state index contributed by atoms with van der Waals surface area (Å²) in [6, 6.07) is 1.90. The van der Waals surface area contributed by atoms with E-state index in [1.165, 1.54) is 0 Å². The van der Waals surface area contributed by atoms with Crippen molar-refractivity contribution in [1.82, 2.24) is 30.2 Å².